The molecule has 2 fully saturated rings. The molecule has 2 saturated heterocycles. The molecule has 232 valence electrons. The van der Waals surface area contributed by atoms with Gasteiger partial charge in [0.1, 0.15) is 0 Å². The first kappa shape index (κ1) is 35.3. The van der Waals surface area contributed by atoms with E-state index in [0.29, 0.717) is 41.3 Å². The van der Waals surface area contributed by atoms with Gasteiger partial charge in [-0.3, -0.25) is 10.5 Å². The van der Waals surface area contributed by atoms with E-state index in [9.17, 15) is 22.0 Å². The average molecular weight is 613 g/mol. The van der Waals surface area contributed by atoms with Crippen molar-refractivity contribution in [3.05, 3.63) is 64.9 Å². The van der Waals surface area contributed by atoms with E-state index in [-0.39, 0.29) is 4.65 Å². The second-order valence-electron chi connectivity index (χ2n) is 11.3. The summed E-state index contributed by atoms with van der Waals surface area (Å²) in [6, 6.07) is 14.6. The number of quaternary nitrogens is 1. The fourth-order valence-electron chi connectivity index (χ4n) is 5.81. The zero-order valence-corrected chi connectivity index (χ0v) is 26.5. The van der Waals surface area contributed by atoms with Crippen LogP contribution in [0.2, 0.25) is 0 Å². The van der Waals surface area contributed by atoms with E-state index in [4.69, 9.17) is 10.5 Å². The van der Waals surface area contributed by atoms with Gasteiger partial charge in [-0.05, 0) is 92.5 Å². The van der Waals surface area contributed by atoms with Gasteiger partial charge in [-0.2, -0.15) is 0 Å². The zero-order chi connectivity index (χ0) is 30.7. The topological polar surface area (TPSA) is 135 Å². The van der Waals surface area contributed by atoms with E-state index in [2.05, 4.69) is 17.9 Å². The Hall–Kier alpha value is -1.86. The molecule has 2 heterocycles. The molecule has 0 saturated carbocycles. The molecule has 0 aromatic heterocycles. The van der Waals surface area contributed by atoms with E-state index < -0.39 is 19.7 Å². The fourth-order valence-corrected chi connectivity index (χ4v) is 7.16. The normalized spacial score (nSPS) is 22.2. The summed E-state index contributed by atoms with van der Waals surface area (Å²) in [5.74, 6) is 0.823. The molecule has 0 radical (unpaired) electrons. The lowest BCUT2D eigenvalue weighted by atomic mass is 9.89. The zero-order valence-electron chi connectivity index (χ0n) is 24.9. The summed E-state index contributed by atoms with van der Waals surface area (Å²) in [5, 5.41) is 24.4. The van der Waals surface area contributed by atoms with Crippen molar-refractivity contribution < 1.29 is 32.0 Å². The van der Waals surface area contributed by atoms with Crippen LogP contribution in [0.25, 0.3) is 0 Å². The lowest BCUT2D eigenvalue weighted by molar-refractivity contribution is -0.886. The molecule has 2 aliphatic heterocycles. The maximum atomic E-state index is 12.4. The highest BCUT2D eigenvalue weighted by molar-refractivity contribution is 7.91. The third-order valence-corrected chi connectivity index (χ3v) is 10.3. The van der Waals surface area contributed by atoms with Crippen molar-refractivity contribution in [1.82, 2.24) is 4.90 Å². The molecule has 9 nitrogen and oxygen atoms in total. The number of hydroxylamine groups is 3. The summed E-state index contributed by atoms with van der Waals surface area (Å²) < 4.78 is 46.3. The number of benzene rings is 2. The van der Waals surface area contributed by atoms with E-state index in [0.717, 1.165) is 50.8 Å². The predicted octanol–water partition coefficient (Wildman–Crippen LogP) is 5.39. The SMILES string of the molecule is CCCN1CCC(c2cccc(S(C)(=O)=O)c2)CC1.CCC[N+]1([O-])CCC(c2cccc(S(C)(=O)=O)c2)CC1.OO. The van der Waals surface area contributed by atoms with Crippen molar-refractivity contribution in [3.8, 4) is 0 Å². The first-order chi connectivity index (χ1) is 19.3. The fraction of sp³-hybridized carbons (Fsp3) is 0.600. The smallest absolute Gasteiger partial charge is 0.175 e. The molecule has 0 unspecified atom stereocenters. The maximum Gasteiger partial charge on any atom is 0.175 e. The Morgan fingerprint density at radius 3 is 1.61 bits per heavy atom. The monoisotopic (exact) mass is 612 g/mol. The number of piperidine rings is 2. The van der Waals surface area contributed by atoms with Gasteiger partial charge in [-0.15, -0.1) is 0 Å². The van der Waals surface area contributed by atoms with E-state index in [1.165, 1.54) is 31.0 Å². The summed E-state index contributed by atoms with van der Waals surface area (Å²) >= 11 is 0. The molecule has 0 amide bonds. The predicted molar refractivity (Wildman–Crippen MR) is 164 cm³/mol. The minimum atomic E-state index is -3.16. The summed E-state index contributed by atoms with van der Waals surface area (Å²) in [4.78, 5) is 3.31. The van der Waals surface area contributed by atoms with Gasteiger partial charge in [0.05, 0.1) is 29.4 Å². The van der Waals surface area contributed by atoms with Crippen LogP contribution in [-0.2, 0) is 19.7 Å². The molecule has 11 heteroatoms. The van der Waals surface area contributed by atoms with Gasteiger partial charge < -0.3 is 14.8 Å². The van der Waals surface area contributed by atoms with Crippen molar-refractivity contribution in [2.75, 3.05) is 51.8 Å². The molecule has 0 spiro atoms. The van der Waals surface area contributed by atoms with Crippen LogP contribution < -0.4 is 0 Å². The van der Waals surface area contributed by atoms with Crippen LogP contribution in [0, 0.1) is 5.21 Å². The molecular weight excluding hydrogens is 564 g/mol. The largest absolute Gasteiger partial charge is 0.633 e. The number of rotatable bonds is 8. The Morgan fingerprint density at radius 2 is 1.22 bits per heavy atom. The van der Waals surface area contributed by atoms with Crippen LogP contribution in [0.5, 0.6) is 0 Å². The van der Waals surface area contributed by atoms with Crippen LogP contribution in [0.1, 0.15) is 75.3 Å². The summed E-state index contributed by atoms with van der Waals surface area (Å²) in [7, 11) is -6.25. The average Bonchev–Trinajstić information content (AvgIpc) is 2.95. The lowest BCUT2D eigenvalue weighted by Crippen LogP contribution is -2.48. The highest BCUT2D eigenvalue weighted by Crippen LogP contribution is 2.32. The minimum absolute atomic E-state index is 0.0846. The second kappa shape index (κ2) is 16.1. The van der Waals surface area contributed by atoms with Gasteiger partial charge >= 0.3 is 0 Å². The lowest BCUT2D eigenvalue weighted by Gasteiger charge is -2.47. The molecule has 0 atom stereocenters. The number of nitrogens with zero attached hydrogens (tertiary/aromatic N) is 2. The number of likely N-dealkylation sites (tertiary alicyclic amines) is 2. The van der Waals surface area contributed by atoms with Gasteiger partial charge in [-0.1, -0.05) is 38.1 Å². The molecule has 4 rings (SSSR count). The molecule has 2 aromatic carbocycles. The maximum absolute atomic E-state index is 12.4. The van der Waals surface area contributed by atoms with Crippen molar-refractivity contribution in [2.45, 2.75) is 74.0 Å². The first-order valence-electron chi connectivity index (χ1n) is 14.4. The number of hydrogen-bond acceptors (Lipinski definition) is 8. The second-order valence-corrected chi connectivity index (χ2v) is 15.3. The van der Waals surface area contributed by atoms with Gasteiger partial charge in [0.15, 0.2) is 19.7 Å². The first-order valence-corrected chi connectivity index (χ1v) is 18.2. The molecule has 41 heavy (non-hydrogen) atoms. The Balaban J connectivity index is 0.000000271. The Labute approximate surface area is 246 Å². The van der Waals surface area contributed by atoms with Crippen LogP contribution in [0.15, 0.2) is 58.3 Å². The van der Waals surface area contributed by atoms with E-state index in [1.54, 1.807) is 24.3 Å². The van der Waals surface area contributed by atoms with Crippen LogP contribution in [0.4, 0.5) is 0 Å². The Kier molecular flexibility index (Phi) is 13.9. The molecule has 2 aliphatic rings. The number of hydrogen-bond donors (Lipinski definition) is 2. The Bertz CT molecular complexity index is 1280. The van der Waals surface area contributed by atoms with Gasteiger partial charge in [-0.25, -0.2) is 16.8 Å². The van der Waals surface area contributed by atoms with Gasteiger partial charge in [0.25, 0.3) is 0 Å². The van der Waals surface area contributed by atoms with Crippen LogP contribution in [0.3, 0.4) is 0 Å². The van der Waals surface area contributed by atoms with Gasteiger partial charge in [0.2, 0.25) is 0 Å². The molecule has 2 N–H and O–H groups in total. The summed E-state index contributed by atoms with van der Waals surface area (Å²) in [5.41, 5.74) is 2.23. The number of sulfone groups is 2. The standard InChI is InChI=1S/C15H23NO3S.C15H23NO2S.H2O2/c1-3-9-16(17)10-7-13(8-11-16)14-5-4-6-15(12-14)20(2,18)19;1-3-9-16-10-7-13(8-11-16)14-5-4-6-15(12-14)19(2,17)18;1-2/h4-6,12-13H,3,7-11H2,1-2H3;4-6,12-13H,3,7-11H2,1-2H3;1-2H. The highest BCUT2D eigenvalue weighted by Gasteiger charge is 2.27. The quantitative estimate of drug-likeness (QED) is 0.175. The van der Waals surface area contributed by atoms with Crippen molar-refractivity contribution >= 4 is 19.7 Å². The third-order valence-electron chi connectivity index (χ3n) is 8.04. The summed E-state index contributed by atoms with van der Waals surface area (Å²) in [6.45, 7) is 9.65. The molecule has 2 aromatic rings. The third kappa shape index (κ3) is 11.1. The molecule has 0 bridgehead atoms. The van der Waals surface area contributed by atoms with E-state index in [1.807, 2.05) is 25.1 Å². The van der Waals surface area contributed by atoms with Crippen molar-refractivity contribution in [3.63, 3.8) is 0 Å². The van der Waals surface area contributed by atoms with Crippen molar-refractivity contribution in [2.24, 2.45) is 0 Å². The molecular formula is C30H48N2O7S2. The van der Waals surface area contributed by atoms with Crippen molar-refractivity contribution in [1.29, 1.82) is 0 Å². The summed E-state index contributed by atoms with van der Waals surface area (Å²) in [6.07, 6.45) is 8.57. The minimum Gasteiger partial charge on any atom is -0.633 e. The van der Waals surface area contributed by atoms with Crippen LogP contribution >= 0.6 is 0 Å². The van der Waals surface area contributed by atoms with Crippen LogP contribution in [-0.4, -0.2) is 88.7 Å². The highest BCUT2D eigenvalue weighted by atomic mass is 32.2. The van der Waals surface area contributed by atoms with Gasteiger partial charge in [0, 0.05) is 25.4 Å². The Morgan fingerprint density at radius 1 is 0.780 bits per heavy atom. The molecule has 0 aliphatic carbocycles. The van der Waals surface area contributed by atoms with E-state index >= 15 is 0 Å².